The van der Waals surface area contributed by atoms with E-state index in [-0.39, 0.29) is 6.04 Å². The lowest BCUT2D eigenvalue weighted by atomic mass is 10.1. The second kappa shape index (κ2) is 6.74. The first-order chi connectivity index (χ1) is 9.86. The van der Waals surface area contributed by atoms with Crippen LogP contribution in [-0.4, -0.2) is 41.7 Å². The summed E-state index contributed by atoms with van der Waals surface area (Å²) in [5, 5.41) is 25.1. The molecule has 0 aromatic heterocycles. The van der Waals surface area contributed by atoms with E-state index in [0.29, 0.717) is 25.9 Å². The summed E-state index contributed by atoms with van der Waals surface area (Å²) in [6.07, 6.45) is -4.54. The fraction of sp³-hybridized carbons (Fsp3) is 0.571. The van der Waals surface area contributed by atoms with Gasteiger partial charge < -0.3 is 15.5 Å². The highest BCUT2D eigenvalue weighted by molar-refractivity contribution is 5.24. The number of benzene rings is 1. The molecule has 4 nitrogen and oxygen atoms in total. The Morgan fingerprint density at radius 1 is 1.29 bits per heavy atom. The molecule has 0 bridgehead atoms. The maximum Gasteiger partial charge on any atom is 0.416 e. The number of halogens is 3. The maximum atomic E-state index is 12.4. The second-order valence-corrected chi connectivity index (χ2v) is 5.25. The normalized spacial score (nSPS) is 24.2. The SMILES string of the molecule is OC(NCCc1ccc(C(F)(F)F)cc1)[C@@H]1C[C@H](O)CN1. The third-order valence-corrected chi connectivity index (χ3v) is 3.57. The Morgan fingerprint density at radius 3 is 2.48 bits per heavy atom. The molecule has 1 aliphatic heterocycles. The summed E-state index contributed by atoms with van der Waals surface area (Å²) >= 11 is 0. The number of hydrogen-bond acceptors (Lipinski definition) is 4. The molecule has 118 valence electrons. The van der Waals surface area contributed by atoms with Crippen LogP contribution < -0.4 is 10.6 Å². The molecule has 0 amide bonds. The van der Waals surface area contributed by atoms with Crippen molar-refractivity contribution >= 4 is 0 Å². The van der Waals surface area contributed by atoms with E-state index in [2.05, 4.69) is 10.6 Å². The lowest BCUT2D eigenvalue weighted by molar-refractivity contribution is -0.137. The molecular formula is C14H19F3N2O2. The van der Waals surface area contributed by atoms with Crippen molar-refractivity contribution in [3.63, 3.8) is 0 Å². The number of nitrogens with one attached hydrogen (secondary N) is 2. The zero-order valence-corrected chi connectivity index (χ0v) is 11.4. The Labute approximate surface area is 121 Å². The number of alkyl halides is 3. The highest BCUT2D eigenvalue weighted by atomic mass is 19.4. The van der Waals surface area contributed by atoms with E-state index in [1.807, 2.05) is 0 Å². The first-order valence-electron chi connectivity index (χ1n) is 6.85. The van der Waals surface area contributed by atoms with E-state index in [4.69, 9.17) is 0 Å². The Kier molecular flexibility index (Phi) is 5.21. The van der Waals surface area contributed by atoms with Crippen LogP contribution in [0.15, 0.2) is 24.3 Å². The summed E-state index contributed by atoms with van der Waals surface area (Å²) in [5.74, 6) is 0. The largest absolute Gasteiger partial charge is 0.416 e. The van der Waals surface area contributed by atoms with Crippen LogP contribution in [0.4, 0.5) is 13.2 Å². The third-order valence-electron chi connectivity index (χ3n) is 3.57. The molecule has 1 aromatic rings. The minimum Gasteiger partial charge on any atom is -0.392 e. The molecule has 0 spiro atoms. The Balaban J connectivity index is 1.76. The van der Waals surface area contributed by atoms with Crippen molar-refractivity contribution in [2.75, 3.05) is 13.1 Å². The van der Waals surface area contributed by atoms with Gasteiger partial charge in [-0.15, -0.1) is 0 Å². The first-order valence-corrected chi connectivity index (χ1v) is 6.85. The number of β-amino-alcohol motifs (C(OH)–C–C–N with tert-alkyl or cyclic N) is 1. The van der Waals surface area contributed by atoms with E-state index in [0.717, 1.165) is 17.7 Å². The maximum absolute atomic E-state index is 12.4. The van der Waals surface area contributed by atoms with Gasteiger partial charge in [0.15, 0.2) is 0 Å². The van der Waals surface area contributed by atoms with Gasteiger partial charge in [0.2, 0.25) is 0 Å². The number of rotatable bonds is 5. The zero-order chi connectivity index (χ0) is 15.5. The fourth-order valence-electron chi connectivity index (χ4n) is 2.35. The predicted molar refractivity (Wildman–Crippen MR) is 71.6 cm³/mol. The quantitative estimate of drug-likeness (QED) is 0.610. The van der Waals surface area contributed by atoms with E-state index < -0.39 is 24.1 Å². The molecule has 2 rings (SSSR count). The van der Waals surface area contributed by atoms with Gasteiger partial charge in [-0.05, 0) is 30.5 Å². The molecule has 21 heavy (non-hydrogen) atoms. The van der Waals surface area contributed by atoms with Gasteiger partial charge in [0.1, 0.15) is 6.23 Å². The van der Waals surface area contributed by atoms with E-state index in [1.165, 1.54) is 12.1 Å². The first kappa shape index (κ1) is 16.2. The van der Waals surface area contributed by atoms with Crippen LogP contribution in [0.2, 0.25) is 0 Å². The van der Waals surface area contributed by atoms with Gasteiger partial charge in [-0.2, -0.15) is 13.2 Å². The van der Waals surface area contributed by atoms with Gasteiger partial charge in [0, 0.05) is 19.1 Å². The van der Waals surface area contributed by atoms with Gasteiger partial charge in [0.25, 0.3) is 0 Å². The number of hydrogen-bond donors (Lipinski definition) is 4. The molecule has 0 radical (unpaired) electrons. The van der Waals surface area contributed by atoms with Crippen LogP contribution in [0.1, 0.15) is 17.5 Å². The standard InChI is InChI=1S/C14H19F3N2O2/c15-14(16,17)10-3-1-9(2-4-10)5-6-18-13(21)12-7-11(20)8-19-12/h1-4,11-13,18-21H,5-8H2/t11-,12-,13?/m0/s1. The fourth-order valence-corrected chi connectivity index (χ4v) is 2.35. The number of aliphatic hydroxyl groups is 2. The molecule has 0 aliphatic carbocycles. The van der Waals surface area contributed by atoms with Crippen LogP contribution in [0.3, 0.4) is 0 Å². The van der Waals surface area contributed by atoms with Crippen LogP contribution >= 0.6 is 0 Å². The lowest BCUT2D eigenvalue weighted by Gasteiger charge is -2.19. The Bertz CT molecular complexity index is 451. The minimum absolute atomic E-state index is 0.201. The molecule has 1 aliphatic rings. The highest BCUT2D eigenvalue weighted by Crippen LogP contribution is 2.29. The smallest absolute Gasteiger partial charge is 0.392 e. The zero-order valence-electron chi connectivity index (χ0n) is 11.4. The monoisotopic (exact) mass is 304 g/mol. The summed E-state index contributed by atoms with van der Waals surface area (Å²) < 4.78 is 37.2. The van der Waals surface area contributed by atoms with Crippen molar-refractivity contribution in [1.82, 2.24) is 10.6 Å². The lowest BCUT2D eigenvalue weighted by Crippen LogP contribution is -2.45. The van der Waals surface area contributed by atoms with Crippen molar-refractivity contribution in [1.29, 1.82) is 0 Å². The van der Waals surface area contributed by atoms with Gasteiger partial charge in [-0.3, -0.25) is 5.32 Å². The van der Waals surface area contributed by atoms with E-state index in [9.17, 15) is 23.4 Å². The van der Waals surface area contributed by atoms with Crippen LogP contribution in [0.5, 0.6) is 0 Å². The third kappa shape index (κ3) is 4.67. The average Bonchev–Trinajstić information content (AvgIpc) is 2.85. The Morgan fingerprint density at radius 2 is 1.95 bits per heavy atom. The van der Waals surface area contributed by atoms with Gasteiger partial charge in [0.05, 0.1) is 11.7 Å². The van der Waals surface area contributed by atoms with Crippen molar-refractivity contribution in [3.05, 3.63) is 35.4 Å². The highest BCUT2D eigenvalue weighted by Gasteiger charge is 2.30. The summed E-state index contributed by atoms with van der Waals surface area (Å²) in [5.41, 5.74) is 0.102. The Hall–Kier alpha value is -1.15. The molecule has 1 unspecified atom stereocenters. The number of aliphatic hydroxyl groups excluding tert-OH is 2. The van der Waals surface area contributed by atoms with E-state index in [1.54, 1.807) is 0 Å². The van der Waals surface area contributed by atoms with Crippen LogP contribution in [0.25, 0.3) is 0 Å². The summed E-state index contributed by atoms with van der Waals surface area (Å²) in [7, 11) is 0. The second-order valence-electron chi connectivity index (χ2n) is 5.25. The molecule has 7 heteroatoms. The molecule has 3 atom stereocenters. The summed E-state index contributed by atoms with van der Waals surface area (Å²) in [4.78, 5) is 0. The van der Waals surface area contributed by atoms with Crippen molar-refractivity contribution in [2.24, 2.45) is 0 Å². The van der Waals surface area contributed by atoms with E-state index >= 15 is 0 Å². The van der Waals surface area contributed by atoms with Gasteiger partial charge >= 0.3 is 6.18 Å². The van der Waals surface area contributed by atoms with Crippen molar-refractivity contribution in [3.8, 4) is 0 Å². The minimum atomic E-state index is -4.32. The summed E-state index contributed by atoms with van der Waals surface area (Å²) in [6.45, 7) is 0.906. The molecular weight excluding hydrogens is 285 g/mol. The topological polar surface area (TPSA) is 64.5 Å². The molecule has 0 saturated carbocycles. The molecule has 1 aromatic carbocycles. The van der Waals surface area contributed by atoms with Gasteiger partial charge in [-0.25, -0.2) is 0 Å². The average molecular weight is 304 g/mol. The van der Waals surface area contributed by atoms with Crippen LogP contribution in [-0.2, 0) is 12.6 Å². The molecule has 1 fully saturated rings. The predicted octanol–water partition coefficient (Wildman–Crippen LogP) is 0.879. The molecule has 1 saturated heterocycles. The van der Waals surface area contributed by atoms with Crippen molar-refractivity contribution in [2.45, 2.75) is 37.4 Å². The van der Waals surface area contributed by atoms with Gasteiger partial charge in [-0.1, -0.05) is 12.1 Å². The van der Waals surface area contributed by atoms with Crippen molar-refractivity contribution < 1.29 is 23.4 Å². The molecule has 1 heterocycles. The van der Waals surface area contributed by atoms with Crippen LogP contribution in [0, 0.1) is 0 Å². The summed E-state index contributed by atoms with van der Waals surface area (Å²) in [6, 6.07) is 4.79. The molecule has 4 N–H and O–H groups in total.